The van der Waals surface area contributed by atoms with Crippen LogP contribution in [0.2, 0.25) is 0 Å². The zero-order valence-corrected chi connectivity index (χ0v) is 13.5. The molecule has 0 radical (unpaired) electrons. The van der Waals surface area contributed by atoms with E-state index in [9.17, 15) is 0 Å². The minimum Gasteiger partial charge on any atom is -0.379 e. The smallest absolute Gasteiger partial charge is 0.227 e. The zero-order valence-electron chi connectivity index (χ0n) is 13.5. The summed E-state index contributed by atoms with van der Waals surface area (Å²) < 4.78 is 5.50. The molecular formula is C17H23N5O. The van der Waals surface area contributed by atoms with Gasteiger partial charge in [0.2, 0.25) is 5.95 Å². The van der Waals surface area contributed by atoms with Crippen molar-refractivity contribution in [3.8, 4) is 0 Å². The molecule has 1 aliphatic rings. The van der Waals surface area contributed by atoms with E-state index in [1.807, 2.05) is 37.5 Å². The van der Waals surface area contributed by atoms with E-state index >= 15 is 0 Å². The number of rotatable bonds is 6. The fraction of sp³-hybridized carbons (Fsp3) is 0.471. The van der Waals surface area contributed by atoms with Crippen LogP contribution in [0.4, 0.5) is 11.8 Å². The van der Waals surface area contributed by atoms with Crippen molar-refractivity contribution in [3.63, 3.8) is 0 Å². The second-order valence-electron chi connectivity index (χ2n) is 5.79. The van der Waals surface area contributed by atoms with Crippen LogP contribution in [0.25, 0.3) is 0 Å². The molecule has 1 atom stereocenters. The maximum Gasteiger partial charge on any atom is 0.227 e. The molecule has 3 heterocycles. The lowest BCUT2D eigenvalue weighted by atomic mass is 10.1. The van der Waals surface area contributed by atoms with Crippen LogP contribution in [0.1, 0.15) is 18.5 Å². The fourth-order valence-corrected chi connectivity index (χ4v) is 2.60. The van der Waals surface area contributed by atoms with Crippen molar-refractivity contribution >= 4 is 11.8 Å². The van der Waals surface area contributed by atoms with Crippen LogP contribution >= 0.6 is 0 Å². The lowest BCUT2D eigenvalue weighted by Gasteiger charge is -2.24. The summed E-state index contributed by atoms with van der Waals surface area (Å²) in [5, 5.41) is 3.43. The van der Waals surface area contributed by atoms with Crippen LogP contribution in [0, 0.1) is 0 Å². The van der Waals surface area contributed by atoms with Gasteiger partial charge in [0, 0.05) is 44.7 Å². The SMILES string of the molecule is CN(CCc1ccccn1)c1nccc(NC2CCCOC2)n1. The molecule has 1 aliphatic heterocycles. The molecule has 6 heteroatoms. The predicted octanol–water partition coefficient (Wildman–Crippen LogP) is 2.14. The Morgan fingerprint density at radius 1 is 1.26 bits per heavy atom. The van der Waals surface area contributed by atoms with Gasteiger partial charge in [-0.1, -0.05) is 6.07 Å². The number of aromatic nitrogens is 3. The minimum atomic E-state index is 0.338. The first-order chi connectivity index (χ1) is 11.3. The maximum atomic E-state index is 5.50. The average Bonchev–Trinajstić information content (AvgIpc) is 2.62. The van der Waals surface area contributed by atoms with Crippen LogP contribution < -0.4 is 10.2 Å². The summed E-state index contributed by atoms with van der Waals surface area (Å²) in [5.74, 6) is 1.58. The van der Waals surface area contributed by atoms with Crippen molar-refractivity contribution in [2.24, 2.45) is 0 Å². The van der Waals surface area contributed by atoms with Crippen LogP contribution in [-0.4, -0.2) is 47.8 Å². The van der Waals surface area contributed by atoms with E-state index in [1.54, 1.807) is 6.20 Å². The van der Waals surface area contributed by atoms with Gasteiger partial charge in [0.1, 0.15) is 5.82 Å². The summed E-state index contributed by atoms with van der Waals surface area (Å²) in [6.45, 7) is 2.44. The number of likely N-dealkylation sites (N-methyl/N-ethyl adjacent to an activating group) is 1. The standard InChI is InChI=1S/C17H23N5O/c1-22(11-8-14-5-2-3-9-18-14)17-19-10-7-16(21-17)20-15-6-4-12-23-13-15/h2-3,5,7,9-10,15H,4,6,8,11-13H2,1H3,(H,19,20,21). The molecule has 2 aromatic rings. The number of pyridine rings is 1. The monoisotopic (exact) mass is 313 g/mol. The van der Waals surface area contributed by atoms with E-state index in [0.717, 1.165) is 56.5 Å². The van der Waals surface area contributed by atoms with Crippen LogP contribution in [0.5, 0.6) is 0 Å². The van der Waals surface area contributed by atoms with Gasteiger partial charge in [0.05, 0.1) is 12.6 Å². The van der Waals surface area contributed by atoms with E-state index in [0.29, 0.717) is 6.04 Å². The largest absolute Gasteiger partial charge is 0.379 e. The Kier molecular flexibility index (Phi) is 5.37. The molecule has 0 aromatic carbocycles. The number of ether oxygens (including phenoxy) is 1. The summed E-state index contributed by atoms with van der Waals surface area (Å²) >= 11 is 0. The van der Waals surface area contributed by atoms with Crippen molar-refractivity contribution in [2.75, 3.05) is 37.0 Å². The number of hydrogen-bond acceptors (Lipinski definition) is 6. The molecule has 6 nitrogen and oxygen atoms in total. The molecule has 1 unspecified atom stereocenters. The van der Waals surface area contributed by atoms with Crippen molar-refractivity contribution < 1.29 is 4.74 Å². The van der Waals surface area contributed by atoms with Gasteiger partial charge >= 0.3 is 0 Å². The van der Waals surface area contributed by atoms with E-state index < -0.39 is 0 Å². The molecule has 23 heavy (non-hydrogen) atoms. The van der Waals surface area contributed by atoms with E-state index in [2.05, 4.69) is 25.2 Å². The predicted molar refractivity (Wildman–Crippen MR) is 90.7 cm³/mol. The van der Waals surface area contributed by atoms with Gasteiger partial charge in [-0.05, 0) is 31.0 Å². The lowest BCUT2D eigenvalue weighted by Crippen LogP contribution is -2.30. The third-order valence-corrected chi connectivity index (χ3v) is 3.93. The lowest BCUT2D eigenvalue weighted by molar-refractivity contribution is 0.0875. The number of hydrogen-bond donors (Lipinski definition) is 1. The highest BCUT2D eigenvalue weighted by Crippen LogP contribution is 2.14. The quantitative estimate of drug-likeness (QED) is 0.881. The molecule has 0 aliphatic carbocycles. The Labute approximate surface area is 136 Å². The molecular weight excluding hydrogens is 290 g/mol. The van der Waals surface area contributed by atoms with Gasteiger partial charge in [-0.2, -0.15) is 4.98 Å². The first-order valence-electron chi connectivity index (χ1n) is 8.09. The molecule has 0 bridgehead atoms. The Bertz CT molecular complexity index is 601. The van der Waals surface area contributed by atoms with E-state index in [1.165, 1.54) is 0 Å². The summed E-state index contributed by atoms with van der Waals surface area (Å²) in [7, 11) is 2.01. The molecule has 3 rings (SSSR count). The molecule has 2 aromatic heterocycles. The molecule has 1 saturated heterocycles. The summed E-state index contributed by atoms with van der Waals surface area (Å²) in [6.07, 6.45) is 6.71. The van der Waals surface area contributed by atoms with Crippen LogP contribution in [0.15, 0.2) is 36.7 Å². The third-order valence-electron chi connectivity index (χ3n) is 3.93. The van der Waals surface area contributed by atoms with Gasteiger partial charge in [-0.25, -0.2) is 4.98 Å². The van der Waals surface area contributed by atoms with Crippen molar-refractivity contribution in [1.29, 1.82) is 0 Å². The summed E-state index contributed by atoms with van der Waals surface area (Å²) in [5.41, 5.74) is 1.08. The molecule has 0 saturated carbocycles. The van der Waals surface area contributed by atoms with E-state index in [4.69, 9.17) is 4.74 Å². The number of anilines is 2. The topological polar surface area (TPSA) is 63.2 Å². The summed E-state index contributed by atoms with van der Waals surface area (Å²) in [4.78, 5) is 15.4. The Morgan fingerprint density at radius 3 is 3.00 bits per heavy atom. The second kappa shape index (κ2) is 7.87. The van der Waals surface area contributed by atoms with Gasteiger partial charge < -0.3 is 15.0 Å². The molecule has 0 spiro atoms. The van der Waals surface area contributed by atoms with Crippen LogP contribution in [-0.2, 0) is 11.2 Å². The average molecular weight is 313 g/mol. The normalized spacial score (nSPS) is 17.7. The number of nitrogens with zero attached hydrogens (tertiary/aromatic N) is 4. The Balaban J connectivity index is 1.57. The van der Waals surface area contributed by atoms with Gasteiger partial charge in [-0.3, -0.25) is 4.98 Å². The Morgan fingerprint density at radius 2 is 2.22 bits per heavy atom. The minimum absolute atomic E-state index is 0.338. The van der Waals surface area contributed by atoms with Crippen molar-refractivity contribution in [3.05, 3.63) is 42.4 Å². The highest BCUT2D eigenvalue weighted by molar-refractivity contribution is 5.41. The van der Waals surface area contributed by atoms with Gasteiger partial charge in [0.25, 0.3) is 0 Å². The first-order valence-corrected chi connectivity index (χ1v) is 8.09. The highest BCUT2D eigenvalue weighted by atomic mass is 16.5. The van der Waals surface area contributed by atoms with Gasteiger partial charge in [-0.15, -0.1) is 0 Å². The van der Waals surface area contributed by atoms with Crippen molar-refractivity contribution in [2.45, 2.75) is 25.3 Å². The molecule has 1 N–H and O–H groups in total. The maximum absolute atomic E-state index is 5.50. The molecule has 0 amide bonds. The third kappa shape index (κ3) is 4.63. The summed E-state index contributed by atoms with van der Waals surface area (Å²) in [6, 6.07) is 8.22. The van der Waals surface area contributed by atoms with Crippen molar-refractivity contribution in [1.82, 2.24) is 15.0 Å². The molecule has 1 fully saturated rings. The second-order valence-corrected chi connectivity index (χ2v) is 5.79. The zero-order chi connectivity index (χ0) is 15.9. The van der Waals surface area contributed by atoms with E-state index in [-0.39, 0.29) is 0 Å². The Hall–Kier alpha value is -2.21. The fourth-order valence-electron chi connectivity index (χ4n) is 2.60. The first kappa shape index (κ1) is 15.7. The number of nitrogens with one attached hydrogen (secondary N) is 1. The van der Waals surface area contributed by atoms with Crippen LogP contribution in [0.3, 0.4) is 0 Å². The molecule has 122 valence electrons. The highest BCUT2D eigenvalue weighted by Gasteiger charge is 2.14. The van der Waals surface area contributed by atoms with Gasteiger partial charge in [0.15, 0.2) is 0 Å².